The molecule has 4 rings (SSSR count). The first-order valence-electron chi connectivity index (χ1n) is 13.3. The minimum Gasteiger partial charge on any atom is -0.396 e. The number of benzene rings is 2. The van der Waals surface area contributed by atoms with Gasteiger partial charge in [-0.2, -0.15) is 0 Å². The summed E-state index contributed by atoms with van der Waals surface area (Å²) in [5, 5.41) is 27.5. The highest BCUT2D eigenvalue weighted by molar-refractivity contribution is 6.31. The fraction of sp³-hybridized carbons (Fsp3) is 0.517. The molecular formula is C29H35Cl2F2N3O4. The van der Waals surface area contributed by atoms with Crippen LogP contribution in [0.15, 0.2) is 30.3 Å². The monoisotopic (exact) mass is 597 g/mol. The molecule has 7 nitrogen and oxygen atoms in total. The Balaban J connectivity index is 1.82. The van der Waals surface area contributed by atoms with Crippen molar-refractivity contribution in [1.82, 2.24) is 10.6 Å². The minimum atomic E-state index is -1.43. The Morgan fingerprint density at radius 2 is 1.77 bits per heavy atom. The third-order valence-corrected chi connectivity index (χ3v) is 8.47. The summed E-state index contributed by atoms with van der Waals surface area (Å²) in [5.74, 6) is -3.30. The Morgan fingerprint density at radius 3 is 2.40 bits per heavy atom. The smallest absolute Gasteiger partial charge is 0.237 e. The number of aliphatic hydroxyl groups excluding tert-OH is 2. The van der Waals surface area contributed by atoms with Crippen LogP contribution in [-0.4, -0.2) is 53.9 Å². The summed E-state index contributed by atoms with van der Waals surface area (Å²) in [6, 6.07) is 5.17. The topological polar surface area (TPSA) is 111 Å². The lowest BCUT2D eigenvalue weighted by Gasteiger charge is -2.37. The summed E-state index contributed by atoms with van der Waals surface area (Å²) in [4.78, 5) is 27.8. The Hall–Kier alpha value is -2.30. The van der Waals surface area contributed by atoms with Gasteiger partial charge in [0.15, 0.2) is 0 Å². The molecule has 1 fully saturated rings. The summed E-state index contributed by atoms with van der Waals surface area (Å²) < 4.78 is 29.2. The molecule has 4 atom stereocenters. The van der Waals surface area contributed by atoms with Gasteiger partial charge in [-0.05, 0) is 60.1 Å². The molecule has 2 heterocycles. The van der Waals surface area contributed by atoms with Gasteiger partial charge in [0.05, 0.1) is 16.1 Å². The molecule has 0 radical (unpaired) electrons. The number of amides is 2. The maximum atomic E-state index is 15.0. The second-order valence-electron chi connectivity index (χ2n) is 11.9. The second kappa shape index (κ2) is 11.9. The first-order valence-corrected chi connectivity index (χ1v) is 14.1. The summed E-state index contributed by atoms with van der Waals surface area (Å²) in [5.41, 5.74) is -0.546. The van der Waals surface area contributed by atoms with E-state index in [1.807, 2.05) is 20.8 Å². The molecule has 218 valence electrons. The third-order valence-electron chi connectivity index (χ3n) is 7.89. The van der Waals surface area contributed by atoms with Crippen LogP contribution in [0.25, 0.3) is 0 Å². The average Bonchev–Trinajstić information content (AvgIpc) is 3.35. The van der Waals surface area contributed by atoms with Crippen LogP contribution in [0.4, 0.5) is 14.5 Å². The van der Waals surface area contributed by atoms with Gasteiger partial charge in [0.1, 0.15) is 17.0 Å². The van der Waals surface area contributed by atoms with Gasteiger partial charge in [0.2, 0.25) is 11.8 Å². The molecule has 0 aromatic heterocycles. The van der Waals surface area contributed by atoms with E-state index in [1.54, 1.807) is 0 Å². The fourth-order valence-corrected chi connectivity index (χ4v) is 6.45. The molecule has 2 aliphatic rings. The number of carbonyl (C=O) groups excluding carboxylic acids is 2. The largest absolute Gasteiger partial charge is 0.396 e. The Morgan fingerprint density at radius 1 is 1.10 bits per heavy atom. The Kier molecular flexibility index (Phi) is 9.12. The van der Waals surface area contributed by atoms with E-state index in [0.717, 1.165) is 0 Å². The Labute approximate surface area is 242 Å². The molecule has 1 spiro atoms. The van der Waals surface area contributed by atoms with Gasteiger partial charge in [-0.25, -0.2) is 8.78 Å². The van der Waals surface area contributed by atoms with Crippen molar-refractivity contribution in [2.24, 2.45) is 11.3 Å². The van der Waals surface area contributed by atoms with E-state index in [-0.39, 0.29) is 47.0 Å². The number of hydrogen-bond acceptors (Lipinski definition) is 5. The van der Waals surface area contributed by atoms with Crippen LogP contribution in [-0.2, 0) is 15.0 Å². The fourth-order valence-electron chi connectivity index (χ4n) is 6.09. The number of anilines is 1. The van der Waals surface area contributed by atoms with Crippen molar-refractivity contribution in [3.05, 3.63) is 63.1 Å². The van der Waals surface area contributed by atoms with Gasteiger partial charge in [-0.15, -0.1) is 0 Å². The molecule has 0 saturated carbocycles. The molecule has 2 aliphatic heterocycles. The molecule has 0 unspecified atom stereocenters. The van der Waals surface area contributed by atoms with Gasteiger partial charge in [-0.1, -0.05) is 50.0 Å². The standard InChI is InChI=1S/C29H35Cl2F2N3O4/c1-28(2,3)12-23-29(17-10-21(33)19(31)11-22(17)35-27(29)40)24(16-6-7-20(32)18(30)9-16)25(36-23)26(39)34-8-4-5-15(13-37)14-38/h6-7,9-11,15,23-25,36-38H,4-5,8,12-14H2,1-3H3,(H,34,39)(H,35,40)/t23-,24+,25-,29+/m1/s1. The number of aliphatic hydroxyl groups is 2. The molecular weight excluding hydrogens is 563 g/mol. The van der Waals surface area contributed by atoms with E-state index in [1.165, 1.54) is 30.3 Å². The molecule has 1 saturated heterocycles. The summed E-state index contributed by atoms with van der Waals surface area (Å²) >= 11 is 12.3. The summed E-state index contributed by atoms with van der Waals surface area (Å²) in [7, 11) is 0. The zero-order chi connectivity index (χ0) is 29.4. The summed E-state index contributed by atoms with van der Waals surface area (Å²) in [6.07, 6.45) is 1.48. The van der Waals surface area contributed by atoms with E-state index in [2.05, 4.69) is 16.0 Å². The molecule has 0 bridgehead atoms. The zero-order valence-corrected chi connectivity index (χ0v) is 24.2. The van der Waals surface area contributed by atoms with Crippen molar-refractivity contribution < 1.29 is 28.6 Å². The van der Waals surface area contributed by atoms with E-state index < -0.39 is 41.0 Å². The lowest BCUT2D eigenvalue weighted by Crippen LogP contribution is -2.49. The van der Waals surface area contributed by atoms with Crippen molar-refractivity contribution in [3.63, 3.8) is 0 Å². The number of nitrogens with one attached hydrogen (secondary N) is 3. The van der Waals surface area contributed by atoms with Crippen molar-refractivity contribution >= 4 is 40.7 Å². The first-order chi connectivity index (χ1) is 18.8. The van der Waals surface area contributed by atoms with Crippen molar-refractivity contribution in [3.8, 4) is 0 Å². The van der Waals surface area contributed by atoms with Gasteiger partial charge in [0, 0.05) is 43.3 Å². The third kappa shape index (κ3) is 5.72. The van der Waals surface area contributed by atoms with Crippen LogP contribution in [0.2, 0.25) is 10.0 Å². The highest BCUT2D eigenvalue weighted by atomic mass is 35.5. The SMILES string of the molecule is CC(C)(C)C[C@H]1N[C@@H](C(=O)NCCCC(CO)CO)[C@H](c2ccc(F)c(Cl)c2)[C@@]12C(=O)Nc1cc(Cl)c(F)cc12. The van der Waals surface area contributed by atoms with Crippen LogP contribution in [0.5, 0.6) is 0 Å². The molecule has 11 heteroatoms. The van der Waals surface area contributed by atoms with E-state index in [4.69, 9.17) is 23.2 Å². The van der Waals surface area contributed by atoms with Crippen LogP contribution in [0.3, 0.4) is 0 Å². The number of fused-ring (bicyclic) bond motifs is 2. The predicted molar refractivity (Wildman–Crippen MR) is 151 cm³/mol. The average molecular weight is 599 g/mol. The maximum absolute atomic E-state index is 15.0. The first kappa shape index (κ1) is 30.7. The van der Waals surface area contributed by atoms with Gasteiger partial charge in [-0.3, -0.25) is 9.59 Å². The van der Waals surface area contributed by atoms with Gasteiger partial charge >= 0.3 is 0 Å². The molecule has 2 aromatic carbocycles. The molecule has 5 N–H and O–H groups in total. The molecule has 0 aliphatic carbocycles. The van der Waals surface area contributed by atoms with Crippen molar-refractivity contribution in [2.75, 3.05) is 25.1 Å². The van der Waals surface area contributed by atoms with E-state index >= 15 is 0 Å². The van der Waals surface area contributed by atoms with Crippen LogP contribution in [0, 0.1) is 23.0 Å². The van der Waals surface area contributed by atoms with Gasteiger partial charge in [0.25, 0.3) is 0 Å². The highest BCUT2D eigenvalue weighted by Crippen LogP contribution is 2.57. The quantitative estimate of drug-likeness (QED) is 0.273. The lowest BCUT2D eigenvalue weighted by atomic mass is 9.62. The van der Waals surface area contributed by atoms with Crippen LogP contribution in [0.1, 0.15) is 57.1 Å². The predicted octanol–water partition coefficient (Wildman–Crippen LogP) is 4.52. The minimum absolute atomic E-state index is 0.144. The molecule has 2 aromatic rings. The van der Waals surface area contributed by atoms with E-state index in [9.17, 15) is 28.6 Å². The van der Waals surface area contributed by atoms with E-state index in [0.29, 0.717) is 36.1 Å². The van der Waals surface area contributed by atoms with Crippen molar-refractivity contribution in [1.29, 1.82) is 0 Å². The summed E-state index contributed by atoms with van der Waals surface area (Å²) in [6.45, 7) is 5.98. The maximum Gasteiger partial charge on any atom is 0.237 e. The van der Waals surface area contributed by atoms with Crippen LogP contribution >= 0.6 is 23.2 Å². The number of halogens is 4. The highest BCUT2D eigenvalue weighted by Gasteiger charge is 2.65. The van der Waals surface area contributed by atoms with Crippen LogP contribution < -0.4 is 16.0 Å². The Bertz CT molecular complexity index is 1280. The molecule has 40 heavy (non-hydrogen) atoms. The number of rotatable bonds is 9. The lowest BCUT2D eigenvalue weighted by molar-refractivity contribution is -0.123. The van der Waals surface area contributed by atoms with Gasteiger partial charge < -0.3 is 26.2 Å². The number of carbonyl (C=O) groups is 2. The number of hydrogen-bond donors (Lipinski definition) is 5. The normalized spacial score (nSPS) is 24.1. The second-order valence-corrected chi connectivity index (χ2v) is 12.7. The molecule has 2 amide bonds. The van der Waals surface area contributed by atoms with Crippen molar-refractivity contribution in [2.45, 2.75) is 63.5 Å². The zero-order valence-electron chi connectivity index (χ0n) is 22.7.